The van der Waals surface area contributed by atoms with Crippen LogP contribution in [-0.2, 0) is 9.59 Å². The molecule has 8 heteroatoms. The van der Waals surface area contributed by atoms with Crippen LogP contribution in [0.1, 0.15) is 12.8 Å². The van der Waals surface area contributed by atoms with Crippen molar-refractivity contribution >= 4 is 50.7 Å². The molecule has 106 valence electrons. The van der Waals surface area contributed by atoms with E-state index in [1.807, 2.05) is 6.07 Å². The van der Waals surface area contributed by atoms with E-state index in [-0.39, 0.29) is 12.8 Å². The van der Waals surface area contributed by atoms with E-state index in [0.717, 1.165) is 4.70 Å². The van der Waals surface area contributed by atoms with E-state index in [9.17, 15) is 9.59 Å². The van der Waals surface area contributed by atoms with Crippen molar-refractivity contribution in [1.29, 1.82) is 0 Å². The number of thiazole rings is 1. The molecule has 1 aromatic carbocycles. The van der Waals surface area contributed by atoms with Crippen LogP contribution in [-0.4, -0.2) is 28.0 Å². The van der Waals surface area contributed by atoms with Crippen LogP contribution in [0.2, 0.25) is 5.02 Å². The van der Waals surface area contributed by atoms with Crippen LogP contribution in [0.4, 0.5) is 5.69 Å². The Labute approximate surface area is 123 Å². The monoisotopic (exact) mass is 313 g/mol. The van der Waals surface area contributed by atoms with Crippen LogP contribution in [0.3, 0.4) is 0 Å². The van der Waals surface area contributed by atoms with E-state index in [1.165, 1.54) is 11.3 Å². The highest BCUT2D eigenvalue weighted by Crippen LogP contribution is 2.32. The van der Waals surface area contributed by atoms with Crippen molar-refractivity contribution in [3.8, 4) is 0 Å². The summed E-state index contributed by atoms with van der Waals surface area (Å²) in [6, 6.07) is 2.58. The molecule has 0 bridgehead atoms. The topological polar surface area (TPSA) is 105 Å². The molecule has 2 rings (SSSR count). The number of benzene rings is 1. The number of carbonyl (C=O) groups is 2. The zero-order valence-electron chi connectivity index (χ0n) is 10.3. The Balaban J connectivity index is 2.15. The number of nitrogens with one attached hydrogen (secondary N) is 1. The third kappa shape index (κ3) is 3.24. The number of rotatable bonds is 5. The molecular weight excluding hydrogens is 302 g/mol. The molecule has 0 spiro atoms. The number of aliphatic carboxylic acids is 1. The molecule has 0 aliphatic carbocycles. The summed E-state index contributed by atoms with van der Waals surface area (Å²) in [6.07, 6.45) is -0.102. The molecule has 1 heterocycles. The van der Waals surface area contributed by atoms with Crippen LogP contribution in [0, 0.1) is 0 Å². The summed E-state index contributed by atoms with van der Waals surface area (Å²) in [5, 5.41) is 11.6. The maximum absolute atomic E-state index is 11.9. The second-order valence-corrected chi connectivity index (χ2v) is 5.44. The van der Waals surface area contributed by atoms with Gasteiger partial charge in [-0.05, 0) is 18.6 Å². The summed E-state index contributed by atoms with van der Waals surface area (Å²) in [4.78, 5) is 26.5. The highest BCUT2D eigenvalue weighted by molar-refractivity contribution is 7.16. The van der Waals surface area contributed by atoms with Crippen molar-refractivity contribution in [2.75, 3.05) is 5.32 Å². The highest BCUT2D eigenvalue weighted by Gasteiger charge is 2.18. The molecule has 0 fully saturated rings. The summed E-state index contributed by atoms with van der Waals surface area (Å²) in [6.45, 7) is 0. The molecule has 4 N–H and O–H groups in total. The summed E-state index contributed by atoms with van der Waals surface area (Å²) >= 11 is 7.48. The molecule has 1 atom stereocenters. The number of carboxylic acid groups (broad SMARTS) is 1. The van der Waals surface area contributed by atoms with Gasteiger partial charge in [0.15, 0.2) is 0 Å². The van der Waals surface area contributed by atoms with Crippen molar-refractivity contribution in [1.82, 2.24) is 4.98 Å². The number of fused-ring (bicyclic) bond motifs is 1. The summed E-state index contributed by atoms with van der Waals surface area (Å²) in [7, 11) is 0. The van der Waals surface area contributed by atoms with Crippen LogP contribution in [0.5, 0.6) is 0 Å². The fraction of sp³-hybridized carbons (Fsp3) is 0.250. The minimum Gasteiger partial charge on any atom is -0.481 e. The molecule has 0 saturated heterocycles. The second-order valence-electron chi connectivity index (χ2n) is 4.15. The Kier molecular flexibility index (Phi) is 4.53. The molecule has 20 heavy (non-hydrogen) atoms. The van der Waals surface area contributed by atoms with Crippen LogP contribution in [0.15, 0.2) is 17.6 Å². The molecule has 2 aromatic rings. The van der Waals surface area contributed by atoms with Gasteiger partial charge >= 0.3 is 5.97 Å². The van der Waals surface area contributed by atoms with Gasteiger partial charge in [-0.1, -0.05) is 11.6 Å². The van der Waals surface area contributed by atoms with Crippen molar-refractivity contribution in [2.24, 2.45) is 5.73 Å². The standard InChI is InChI=1S/C12H12ClN3O3S/c13-6-1-3-8-11(15-5-20-8)10(6)16-12(19)7(14)2-4-9(17)18/h1,3,5,7H,2,4,14H2,(H,16,19)(H,17,18). The van der Waals surface area contributed by atoms with Crippen molar-refractivity contribution < 1.29 is 14.7 Å². The largest absolute Gasteiger partial charge is 0.481 e. The van der Waals surface area contributed by atoms with E-state index in [4.69, 9.17) is 22.4 Å². The third-order valence-corrected chi connectivity index (χ3v) is 3.81. The maximum Gasteiger partial charge on any atom is 0.303 e. The minimum absolute atomic E-state index is 0.0613. The predicted molar refractivity (Wildman–Crippen MR) is 78.1 cm³/mol. The van der Waals surface area contributed by atoms with Crippen LogP contribution < -0.4 is 11.1 Å². The molecule has 0 aliphatic heterocycles. The number of aromatic nitrogens is 1. The number of carbonyl (C=O) groups excluding carboxylic acids is 1. The van der Waals surface area contributed by atoms with Gasteiger partial charge in [0.25, 0.3) is 0 Å². The van der Waals surface area contributed by atoms with Crippen molar-refractivity contribution in [2.45, 2.75) is 18.9 Å². The van der Waals surface area contributed by atoms with Gasteiger partial charge in [0.2, 0.25) is 5.91 Å². The zero-order chi connectivity index (χ0) is 14.7. The average Bonchev–Trinajstić information content (AvgIpc) is 2.87. The normalized spacial score (nSPS) is 12.3. The Morgan fingerprint density at radius 2 is 2.25 bits per heavy atom. The average molecular weight is 314 g/mol. The first-order valence-electron chi connectivity index (χ1n) is 5.79. The van der Waals surface area contributed by atoms with Crippen LogP contribution >= 0.6 is 22.9 Å². The lowest BCUT2D eigenvalue weighted by Gasteiger charge is -2.12. The number of nitrogens with zero attached hydrogens (tertiary/aromatic N) is 1. The number of hydrogen-bond acceptors (Lipinski definition) is 5. The van der Waals surface area contributed by atoms with E-state index in [2.05, 4.69) is 10.3 Å². The summed E-state index contributed by atoms with van der Waals surface area (Å²) in [5.41, 5.74) is 8.30. The van der Waals surface area contributed by atoms with Gasteiger partial charge < -0.3 is 16.2 Å². The third-order valence-electron chi connectivity index (χ3n) is 2.71. The second kappa shape index (κ2) is 6.17. The molecular formula is C12H12ClN3O3S. The predicted octanol–water partition coefficient (Wildman–Crippen LogP) is 2.08. The van der Waals surface area contributed by atoms with Gasteiger partial charge in [-0.15, -0.1) is 11.3 Å². The Hall–Kier alpha value is -1.70. The first kappa shape index (κ1) is 14.7. The Bertz CT molecular complexity index is 658. The molecule has 0 radical (unpaired) electrons. The van der Waals surface area contributed by atoms with Gasteiger partial charge in [-0.2, -0.15) is 0 Å². The molecule has 0 aliphatic rings. The fourth-order valence-electron chi connectivity index (χ4n) is 1.65. The molecule has 1 unspecified atom stereocenters. The number of anilines is 1. The number of halogens is 1. The van der Waals surface area contributed by atoms with Gasteiger partial charge in [0.1, 0.15) is 5.52 Å². The molecule has 1 amide bonds. The Morgan fingerprint density at radius 1 is 1.50 bits per heavy atom. The van der Waals surface area contributed by atoms with E-state index in [1.54, 1.807) is 11.6 Å². The lowest BCUT2D eigenvalue weighted by atomic mass is 10.1. The highest BCUT2D eigenvalue weighted by atomic mass is 35.5. The van der Waals surface area contributed by atoms with Gasteiger partial charge in [0, 0.05) is 6.42 Å². The first-order chi connectivity index (χ1) is 9.49. The van der Waals surface area contributed by atoms with Gasteiger partial charge in [-0.25, -0.2) is 4.98 Å². The van der Waals surface area contributed by atoms with E-state index >= 15 is 0 Å². The fourth-order valence-corrected chi connectivity index (χ4v) is 2.54. The minimum atomic E-state index is -0.993. The molecule has 0 saturated carbocycles. The quantitative estimate of drug-likeness (QED) is 0.783. The van der Waals surface area contributed by atoms with E-state index in [0.29, 0.717) is 16.2 Å². The smallest absolute Gasteiger partial charge is 0.303 e. The number of amides is 1. The molecule has 6 nitrogen and oxygen atoms in total. The lowest BCUT2D eigenvalue weighted by molar-refractivity contribution is -0.137. The van der Waals surface area contributed by atoms with Crippen molar-refractivity contribution in [3.63, 3.8) is 0 Å². The number of carboxylic acids is 1. The first-order valence-corrected chi connectivity index (χ1v) is 7.04. The summed E-state index contributed by atoms with van der Waals surface area (Å²) < 4.78 is 0.892. The molecule has 1 aromatic heterocycles. The number of hydrogen-bond donors (Lipinski definition) is 3. The maximum atomic E-state index is 11.9. The van der Waals surface area contributed by atoms with Gasteiger partial charge in [0.05, 0.1) is 27.0 Å². The van der Waals surface area contributed by atoms with Gasteiger partial charge in [-0.3, -0.25) is 9.59 Å². The van der Waals surface area contributed by atoms with Crippen molar-refractivity contribution in [3.05, 3.63) is 22.7 Å². The van der Waals surface area contributed by atoms with E-state index < -0.39 is 17.9 Å². The Morgan fingerprint density at radius 3 is 2.95 bits per heavy atom. The zero-order valence-corrected chi connectivity index (χ0v) is 11.9. The number of nitrogens with two attached hydrogens (primary N) is 1. The summed E-state index contributed by atoms with van der Waals surface area (Å²) in [5.74, 6) is -1.47. The SMILES string of the molecule is NC(CCC(=O)O)C(=O)Nc1c(Cl)ccc2scnc12. The van der Waals surface area contributed by atoms with Crippen LogP contribution in [0.25, 0.3) is 10.2 Å². The lowest BCUT2D eigenvalue weighted by Crippen LogP contribution is -2.36.